The standard InChI is InChI=1S/C29H36FN3O/c1-8-9-23(11-10-20(4)17-30)14-15-33-18-22(6)28-26(33)16-21(5)27(32-28)24-12-13-25(19(2)3)31-29(24)34-7/h9-13,16-19H,8,14-15H2,1-7H3/b11-10-,20-17+,23-9+. The van der Waals surface area contributed by atoms with Gasteiger partial charge in [-0.25, -0.2) is 14.4 Å². The molecule has 0 bridgehead atoms. The summed E-state index contributed by atoms with van der Waals surface area (Å²) >= 11 is 0. The lowest BCUT2D eigenvalue weighted by Crippen LogP contribution is -2.01. The fourth-order valence-electron chi connectivity index (χ4n) is 4.08. The molecule has 180 valence electrons. The minimum atomic E-state index is 0.328. The third kappa shape index (κ3) is 5.64. The van der Waals surface area contributed by atoms with Gasteiger partial charge in [-0.1, -0.05) is 44.6 Å². The van der Waals surface area contributed by atoms with Gasteiger partial charge in [-0.15, -0.1) is 0 Å². The third-order valence-electron chi connectivity index (χ3n) is 5.99. The summed E-state index contributed by atoms with van der Waals surface area (Å²) in [5.74, 6) is 0.936. The number of halogens is 1. The van der Waals surface area contributed by atoms with E-state index in [0.29, 0.717) is 23.7 Å². The van der Waals surface area contributed by atoms with E-state index in [1.807, 2.05) is 12.2 Å². The van der Waals surface area contributed by atoms with Crippen molar-refractivity contribution < 1.29 is 9.13 Å². The van der Waals surface area contributed by atoms with Crippen LogP contribution in [0.25, 0.3) is 22.3 Å². The van der Waals surface area contributed by atoms with Gasteiger partial charge in [-0.2, -0.15) is 0 Å². The van der Waals surface area contributed by atoms with E-state index in [4.69, 9.17) is 14.7 Å². The van der Waals surface area contributed by atoms with Crippen LogP contribution in [0.2, 0.25) is 0 Å². The van der Waals surface area contributed by atoms with Crippen LogP contribution >= 0.6 is 0 Å². The SMILES string of the molecule is CC\C=C(/C=C\C(C)=C\F)CCn1cc(C)c2nc(-c3ccc(C(C)C)nc3OC)c(C)cc21. The van der Waals surface area contributed by atoms with Gasteiger partial charge in [-0.05, 0) is 74.4 Å². The fourth-order valence-corrected chi connectivity index (χ4v) is 4.08. The van der Waals surface area contributed by atoms with Crippen molar-refractivity contribution in [3.05, 3.63) is 76.9 Å². The molecule has 0 radical (unpaired) electrons. The van der Waals surface area contributed by atoms with Gasteiger partial charge in [0, 0.05) is 18.4 Å². The van der Waals surface area contributed by atoms with Crippen LogP contribution < -0.4 is 4.74 Å². The fraction of sp³-hybridized carbons (Fsp3) is 0.379. The smallest absolute Gasteiger partial charge is 0.222 e. The minimum Gasteiger partial charge on any atom is -0.480 e. The Morgan fingerprint density at radius 2 is 1.91 bits per heavy atom. The predicted octanol–water partition coefficient (Wildman–Crippen LogP) is 8.00. The summed E-state index contributed by atoms with van der Waals surface area (Å²) in [5, 5.41) is 0. The Morgan fingerprint density at radius 1 is 1.15 bits per heavy atom. The molecule has 4 nitrogen and oxygen atoms in total. The molecule has 0 amide bonds. The van der Waals surface area contributed by atoms with Gasteiger partial charge < -0.3 is 9.30 Å². The summed E-state index contributed by atoms with van der Waals surface area (Å²) in [6.07, 6.45) is 10.6. The highest BCUT2D eigenvalue weighted by Gasteiger charge is 2.17. The Kier molecular flexibility index (Phi) is 8.43. The quantitative estimate of drug-likeness (QED) is 0.303. The zero-order chi connectivity index (χ0) is 24.8. The Balaban J connectivity index is 1.96. The number of ether oxygens (including phenoxy) is 1. The Hall–Kier alpha value is -3.21. The van der Waals surface area contributed by atoms with Crippen LogP contribution in [-0.2, 0) is 6.54 Å². The molecule has 3 rings (SSSR count). The number of aromatic nitrogens is 3. The number of nitrogens with zero attached hydrogens (tertiary/aromatic N) is 3. The number of methoxy groups -OCH3 is 1. The summed E-state index contributed by atoms with van der Waals surface area (Å²) in [5.41, 5.74) is 8.95. The molecule has 3 aromatic heterocycles. The maximum Gasteiger partial charge on any atom is 0.222 e. The van der Waals surface area contributed by atoms with Crippen LogP contribution in [0.4, 0.5) is 4.39 Å². The summed E-state index contributed by atoms with van der Waals surface area (Å²) in [6, 6.07) is 6.33. The van der Waals surface area contributed by atoms with Gasteiger partial charge >= 0.3 is 0 Å². The molecule has 3 aromatic rings. The molecule has 0 atom stereocenters. The first-order chi connectivity index (χ1) is 16.3. The maximum absolute atomic E-state index is 12.7. The maximum atomic E-state index is 12.7. The summed E-state index contributed by atoms with van der Waals surface area (Å²) in [6.45, 7) is 13.1. The summed E-state index contributed by atoms with van der Waals surface area (Å²) in [4.78, 5) is 9.77. The molecule has 0 aromatic carbocycles. The van der Waals surface area contributed by atoms with E-state index in [-0.39, 0.29) is 0 Å². The molecule has 5 heteroatoms. The lowest BCUT2D eigenvalue weighted by molar-refractivity contribution is 0.397. The summed E-state index contributed by atoms with van der Waals surface area (Å²) < 4.78 is 20.6. The number of allylic oxidation sites excluding steroid dienone is 5. The molecule has 0 N–H and O–H groups in total. The molecule has 3 heterocycles. The zero-order valence-electron chi connectivity index (χ0n) is 21.4. The van der Waals surface area contributed by atoms with E-state index in [9.17, 15) is 4.39 Å². The van der Waals surface area contributed by atoms with E-state index in [1.165, 1.54) is 5.57 Å². The number of pyridine rings is 2. The van der Waals surface area contributed by atoms with Crippen LogP contribution in [0.15, 0.2) is 60.1 Å². The minimum absolute atomic E-state index is 0.328. The van der Waals surface area contributed by atoms with Crippen molar-refractivity contribution in [1.82, 2.24) is 14.5 Å². The average molecular weight is 462 g/mol. The topological polar surface area (TPSA) is 39.9 Å². The molecule has 0 unspecified atom stereocenters. The van der Waals surface area contributed by atoms with Gasteiger partial charge in [0.15, 0.2) is 0 Å². The molecule has 0 aliphatic rings. The molecule has 0 fully saturated rings. The molecular formula is C29H36FN3O. The van der Waals surface area contributed by atoms with Crippen molar-refractivity contribution in [3.8, 4) is 17.1 Å². The number of rotatable bonds is 9. The van der Waals surface area contributed by atoms with Crippen LogP contribution in [0.3, 0.4) is 0 Å². The van der Waals surface area contributed by atoms with E-state index in [1.54, 1.807) is 14.0 Å². The van der Waals surface area contributed by atoms with Gasteiger partial charge in [0.05, 0.1) is 35.7 Å². The highest BCUT2D eigenvalue weighted by molar-refractivity contribution is 5.85. The van der Waals surface area contributed by atoms with Gasteiger partial charge in [-0.3, -0.25) is 0 Å². The van der Waals surface area contributed by atoms with Crippen molar-refractivity contribution in [2.75, 3.05) is 7.11 Å². The Labute approximate surface area is 202 Å². The number of hydrogen-bond donors (Lipinski definition) is 0. The number of hydrogen-bond acceptors (Lipinski definition) is 3. The van der Waals surface area contributed by atoms with Gasteiger partial charge in [0.25, 0.3) is 0 Å². The lowest BCUT2D eigenvalue weighted by Gasteiger charge is -2.13. The summed E-state index contributed by atoms with van der Waals surface area (Å²) in [7, 11) is 1.66. The largest absolute Gasteiger partial charge is 0.480 e. The Bertz CT molecular complexity index is 1250. The van der Waals surface area contributed by atoms with Gasteiger partial charge in [0.2, 0.25) is 5.88 Å². The molecule has 0 spiro atoms. The van der Waals surface area contributed by atoms with Crippen LogP contribution in [0, 0.1) is 13.8 Å². The second-order valence-corrected chi connectivity index (χ2v) is 9.10. The second kappa shape index (κ2) is 11.3. The second-order valence-electron chi connectivity index (χ2n) is 9.10. The van der Waals surface area contributed by atoms with E-state index in [2.05, 4.69) is 69.7 Å². The lowest BCUT2D eigenvalue weighted by atomic mass is 10.0. The normalized spacial score (nSPS) is 13.0. The van der Waals surface area contributed by atoms with Crippen molar-refractivity contribution in [2.45, 2.75) is 66.8 Å². The highest BCUT2D eigenvalue weighted by Crippen LogP contribution is 2.33. The van der Waals surface area contributed by atoms with E-state index < -0.39 is 0 Å². The van der Waals surface area contributed by atoms with Crippen molar-refractivity contribution in [3.63, 3.8) is 0 Å². The average Bonchev–Trinajstić information content (AvgIpc) is 3.13. The molecule has 0 saturated heterocycles. The van der Waals surface area contributed by atoms with E-state index in [0.717, 1.165) is 58.5 Å². The number of fused-ring (bicyclic) bond motifs is 1. The van der Waals surface area contributed by atoms with Crippen molar-refractivity contribution in [2.24, 2.45) is 0 Å². The van der Waals surface area contributed by atoms with Crippen LogP contribution in [0.5, 0.6) is 5.88 Å². The molecule has 0 saturated carbocycles. The first-order valence-electron chi connectivity index (χ1n) is 12.0. The molecule has 0 aliphatic heterocycles. The third-order valence-corrected chi connectivity index (χ3v) is 5.99. The zero-order valence-corrected chi connectivity index (χ0v) is 21.4. The van der Waals surface area contributed by atoms with Gasteiger partial charge in [0.1, 0.15) is 0 Å². The first kappa shape index (κ1) is 25.4. The Morgan fingerprint density at radius 3 is 2.56 bits per heavy atom. The highest BCUT2D eigenvalue weighted by atomic mass is 19.1. The number of aryl methyl sites for hydroxylation is 3. The van der Waals surface area contributed by atoms with E-state index >= 15 is 0 Å². The molecule has 34 heavy (non-hydrogen) atoms. The van der Waals surface area contributed by atoms with Crippen molar-refractivity contribution >= 4 is 11.0 Å². The van der Waals surface area contributed by atoms with Crippen LogP contribution in [-0.4, -0.2) is 21.6 Å². The first-order valence-corrected chi connectivity index (χ1v) is 12.0. The molecular weight excluding hydrogens is 425 g/mol. The van der Waals surface area contributed by atoms with Crippen molar-refractivity contribution in [1.29, 1.82) is 0 Å². The molecule has 0 aliphatic carbocycles. The van der Waals surface area contributed by atoms with Crippen LogP contribution in [0.1, 0.15) is 63.3 Å². The predicted molar refractivity (Wildman–Crippen MR) is 140 cm³/mol. The monoisotopic (exact) mass is 461 g/mol.